The molecule has 14 heavy (non-hydrogen) atoms. The quantitative estimate of drug-likeness (QED) is 0.541. The molecule has 74 valence electrons. The van der Waals surface area contributed by atoms with Crippen LogP contribution in [0.1, 0.15) is 12.5 Å². The molecule has 1 aromatic carbocycles. The number of hydrogen-bond acceptors (Lipinski definition) is 3. The molecule has 4 heteroatoms. The molecule has 0 heterocycles. The molecule has 0 saturated carbocycles. The minimum atomic E-state index is -0.299. The highest BCUT2D eigenvalue weighted by atomic mass is 18.2. The summed E-state index contributed by atoms with van der Waals surface area (Å²) < 4.78 is 12.5. The Morgan fingerprint density at radius 3 is 2.71 bits per heavy atom. The monoisotopic (exact) mass is 194 g/mol. The summed E-state index contributed by atoms with van der Waals surface area (Å²) in [7, 11) is 0. The zero-order valence-corrected chi connectivity index (χ0v) is 7.74. The van der Waals surface area contributed by atoms with Gasteiger partial charge in [-0.15, -0.1) is 0 Å². The van der Waals surface area contributed by atoms with Gasteiger partial charge in [0.05, 0.1) is 6.21 Å². The van der Waals surface area contributed by atoms with Gasteiger partial charge in [-0.2, -0.15) is 0 Å². The van der Waals surface area contributed by atoms with Crippen molar-refractivity contribution in [3.8, 4) is 0 Å². The number of ketones is 1. The van der Waals surface area contributed by atoms with E-state index in [0.29, 0.717) is 0 Å². The van der Waals surface area contributed by atoms with E-state index in [0.717, 1.165) is 5.56 Å². The van der Waals surface area contributed by atoms with Gasteiger partial charge in [-0.1, -0.05) is 17.3 Å². The second-order valence-corrected chi connectivity index (χ2v) is 2.76. The van der Waals surface area contributed by atoms with Crippen LogP contribution in [0, 0.1) is 5.82 Å². The summed E-state index contributed by atoms with van der Waals surface area (Å²) in [6.07, 6.45) is 1.42. The molecule has 0 aliphatic rings. The number of benzene rings is 1. The molecule has 0 spiro atoms. The van der Waals surface area contributed by atoms with Gasteiger partial charge in [-0.05, 0) is 24.6 Å². The molecular weight excluding hydrogens is 184 g/mol. The summed E-state index contributed by atoms with van der Waals surface area (Å²) in [6, 6.07) is 5.78. The molecule has 0 amide bonds. The number of nitrogens with zero attached hydrogens (tertiary/aromatic N) is 1. The van der Waals surface area contributed by atoms with Crippen molar-refractivity contribution in [3.63, 3.8) is 0 Å². The van der Waals surface area contributed by atoms with Crippen LogP contribution >= 0.6 is 0 Å². The molecule has 0 fully saturated rings. The molecule has 0 radical (unpaired) electrons. The maximum Gasteiger partial charge on any atom is 0.174 e. The van der Waals surface area contributed by atoms with Gasteiger partial charge in [0.1, 0.15) is 5.82 Å². The molecule has 0 aliphatic heterocycles. The van der Waals surface area contributed by atoms with Gasteiger partial charge in [0.25, 0.3) is 0 Å². The molecule has 0 saturated heterocycles. The Morgan fingerprint density at radius 1 is 1.50 bits per heavy atom. The number of carbonyl (C=O) groups excluding carboxylic acids is 1. The van der Waals surface area contributed by atoms with E-state index in [1.807, 2.05) is 0 Å². The summed E-state index contributed by atoms with van der Waals surface area (Å²) in [4.78, 5) is 15.1. The lowest BCUT2D eigenvalue weighted by atomic mass is 10.2. The highest BCUT2D eigenvalue weighted by Gasteiger charge is 1.91. The van der Waals surface area contributed by atoms with Crippen LogP contribution in [0.25, 0.3) is 0 Å². The van der Waals surface area contributed by atoms with Crippen molar-refractivity contribution in [1.29, 1.82) is 0 Å². The normalized spacial score (nSPS) is 10.4. The lowest BCUT2D eigenvalue weighted by Crippen LogP contribution is -1.99. The molecule has 3 nitrogen and oxygen atoms in total. The third-order valence-corrected chi connectivity index (χ3v) is 1.41. The van der Waals surface area contributed by atoms with Gasteiger partial charge < -0.3 is 4.84 Å². The van der Waals surface area contributed by atoms with Crippen LogP contribution in [0.4, 0.5) is 4.39 Å². The second kappa shape index (κ2) is 5.11. The molecule has 0 bridgehead atoms. The summed E-state index contributed by atoms with van der Waals surface area (Å²) in [5.74, 6) is -0.395. The average Bonchev–Trinajstić information content (AvgIpc) is 2.15. The molecule has 0 aliphatic carbocycles. The third-order valence-electron chi connectivity index (χ3n) is 1.41. The molecule has 0 atom stereocenters. The number of oxime groups is 1. The Kier molecular flexibility index (Phi) is 3.79. The smallest absolute Gasteiger partial charge is 0.174 e. The average molecular weight is 194 g/mol. The first-order valence-electron chi connectivity index (χ1n) is 4.09. The van der Waals surface area contributed by atoms with E-state index in [4.69, 9.17) is 0 Å². The second-order valence-electron chi connectivity index (χ2n) is 2.76. The number of rotatable bonds is 4. The first-order chi connectivity index (χ1) is 6.68. The van der Waals surface area contributed by atoms with Crippen molar-refractivity contribution >= 4 is 12.0 Å². The van der Waals surface area contributed by atoms with Crippen LogP contribution in [-0.2, 0) is 9.63 Å². The summed E-state index contributed by atoms with van der Waals surface area (Å²) in [6.45, 7) is 1.37. The van der Waals surface area contributed by atoms with Gasteiger partial charge >= 0.3 is 0 Å². The van der Waals surface area contributed by atoms with Gasteiger partial charge in [0, 0.05) is 0 Å². The molecule has 1 rings (SSSR count). The van der Waals surface area contributed by atoms with Crippen LogP contribution in [0.15, 0.2) is 29.4 Å². The van der Waals surface area contributed by atoms with Crippen LogP contribution in [0.5, 0.6) is 0 Å². The summed E-state index contributed by atoms with van der Waals surface area (Å²) in [5.41, 5.74) is 0.718. The highest BCUT2D eigenvalue weighted by Crippen LogP contribution is 1.99. The van der Waals surface area contributed by atoms with E-state index in [-0.39, 0.29) is 18.2 Å². The summed E-state index contributed by atoms with van der Waals surface area (Å²) >= 11 is 0. The zero-order chi connectivity index (χ0) is 10.4. The lowest BCUT2D eigenvalue weighted by Gasteiger charge is -1.94. The number of hydrogen-bond donors (Lipinski definition) is 0. The van der Waals surface area contributed by atoms with E-state index in [9.17, 15) is 9.18 Å². The number of halogens is 1. The van der Waals surface area contributed by atoms with E-state index < -0.39 is 0 Å². The summed E-state index contributed by atoms with van der Waals surface area (Å²) in [5, 5.41) is 3.54. The maximum atomic E-state index is 12.5. The lowest BCUT2D eigenvalue weighted by molar-refractivity contribution is -0.121. The van der Waals surface area contributed by atoms with E-state index in [1.54, 1.807) is 12.1 Å². The van der Waals surface area contributed by atoms with Crippen molar-refractivity contribution in [2.45, 2.75) is 6.92 Å². The molecule has 1 aromatic rings. The van der Waals surface area contributed by atoms with Gasteiger partial charge in [-0.25, -0.2) is 4.39 Å². The number of carbonyl (C=O) groups is 1. The fourth-order valence-electron chi connectivity index (χ4n) is 0.775. The first-order valence-corrected chi connectivity index (χ1v) is 4.09. The molecule has 0 unspecified atom stereocenters. The van der Waals surface area contributed by atoms with Gasteiger partial charge in [0.2, 0.25) is 0 Å². The zero-order valence-electron chi connectivity index (χ0n) is 7.74. The fraction of sp³-hybridized carbons (Fsp3) is 0.200. The third kappa shape index (κ3) is 3.80. The number of Topliss-reactive ketones (excluding diaryl/α,β-unsaturated/α-hetero) is 1. The SMILES string of the molecule is CC(=O)CON=Cc1ccc([18F])cc1. The Balaban J connectivity index is 2.44. The van der Waals surface area contributed by atoms with Crippen LogP contribution in [-0.4, -0.2) is 18.6 Å². The molecular formula is C10H10FNO2. The van der Waals surface area contributed by atoms with E-state index >= 15 is 0 Å². The topological polar surface area (TPSA) is 38.7 Å². The maximum absolute atomic E-state index is 12.5. The highest BCUT2D eigenvalue weighted by molar-refractivity contribution is 5.79. The Morgan fingerprint density at radius 2 is 2.14 bits per heavy atom. The van der Waals surface area contributed by atoms with Crippen molar-refractivity contribution in [1.82, 2.24) is 0 Å². The van der Waals surface area contributed by atoms with Crippen molar-refractivity contribution < 1.29 is 14.0 Å². The Labute approximate surface area is 81.2 Å². The minimum absolute atomic E-state index is 0.0440. The van der Waals surface area contributed by atoms with E-state index in [1.165, 1.54) is 25.3 Å². The molecule has 0 N–H and O–H groups in total. The van der Waals surface area contributed by atoms with Crippen molar-refractivity contribution in [2.75, 3.05) is 6.61 Å². The molecule has 0 aromatic heterocycles. The Bertz CT molecular complexity index is 332. The minimum Gasteiger partial charge on any atom is -0.388 e. The van der Waals surface area contributed by atoms with Crippen LogP contribution in [0.2, 0.25) is 0 Å². The Hall–Kier alpha value is -1.71. The largest absolute Gasteiger partial charge is 0.388 e. The standard InChI is InChI=1S/C10H10FNO2/c1-8(13)7-14-12-6-9-2-4-10(11)5-3-9/h2-6H,7H2,1H3/i11-1. The fourth-order valence-corrected chi connectivity index (χ4v) is 0.775. The van der Waals surface area contributed by atoms with Crippen LogP contribution < -0.4 is 0 Å². The van der Waals surface area contributed by atoms with E-state index in [2.05, 4.69) is 9.99 Å². The van der Waals surface area contributed by atoms with Crippen LogP contribution in [0.3, 0.4) is 0 Å². The predicted molar refractivity (Wildman–Crippen MR) is 50.6 cm³/mol. The van der Waals surface area contributed by atoms with Crippen molar-refractivity contribution in [3.05, 3.63) is 35.6 Å². The predicted octanol–water partition coefficient (Wildman–Crippen LogP) is 1.77. The van der Waals surface area contributed by atoms with Gasteiger partial charge in [0.15, 0.2) is 12.4 Å². The first kappa shape index (κ1) is 10.4. The van der Waals surface area contributed by atoms with Crippen molar-refractivity contribution in [2.24, 2.45) is 5.16 Å². The van der Waals surface area contributed by atoms with Gasteiger partial charge in [-0.3, -0.25) is 4.79 Å².